The first-order valence-electron chi connectivity index (χ1n) is 11.6. The fraction of sp³-hybridized carbons (Fsp3) is 0.259. The van der Waals surface area contributed by atoms with Crippen molar-refractivity contribution < 1.29 is 22.7 Å². The summed E-state index contributed by atoms with van der Waals surface area (Å²) in [6.07, 6.45) is 0. The maximum atomic E-state index is 13.8. The number of amides is 2. The minimum atomic E-state index is -4.15. The number of hydrogen-bond donors (Lipinski definition) is 1. The zero-order valence-electron chi connectivity index (χ0n) is 21.1. The van der Waals surface area contributed by atoms with Gasteiger partial charge in [0.05, 0.1) is 17.7 Å². The van der Waals surface area contributed by atoms with Gasteiger partial charge >= 0.3 is 0 Å². The number of carbonyl (C=O) groups is 2. The highest BCUT2D eigenvalue weighted by Gasteiger charge is 2.32. The van der Waals surface area contributed by atoms with Crippen LogP contribution in [0.25, 0.3) is 0 Å². The Kier molecular flexibility index (Phi) is 9.18. The van der Waals surface area contributed by atoms with Gasteiger partial charge in [0.25, 0.3) is 10.0 Å². The third-order valence-electron chi connectivity index (χ3n) is 5.99. The van der Waals surface area contributed by atoms with Crippen LogP contribution in [0.5, 0.6) is 5.75 Å². The van der Waals surface area contributed by atoms with E-state index >= 15 is 0 Å². The minimum Gasteiger partial charge on any atom is -0.497 e. The van der Waals surface area contributed by atoms with E-state index in [0.29, 0.717) is 22.0 Å². The van der Waals surface area contributed by atoms with Crippen molar-refractivity contribution in [2.24, 2.45) is 0 Å². The van der Waals surface area contributed by atoms with Crippen LogP contribution in [-0.4, -0.2) is 51.9 Å². The van der Waals surface area contributed by atoms with E-state index in [1.54, 1.807) is 69.5 Å². The molecule has 3 rings (SSSR count). The number of halogens is 1. The summed E-state index contributed by atoms with van der Waals surface area (Å²) in [5, 5.41) is 2.95. The van der Waals surface area contributed by atoms with Crippen molar-refractivity contribution in [3.8, 4) is 5.75 Å². The van der Waals surface area contributed by atoms with E-state index < -0.39 is 28.5 Å². The second-order valence-corrected chi connectivity index (χ2v) is 10.7. The van der Waals surface area contributed by atoms with E-state index in [-0.39, 0.29) is 17.3 Å². The summed E-state index contributed by atoms with van der Waals surface area (Å²) in [4.78, 5) is 27.7. The molecule has 10 heteroatoms. The van der Waals surface area contributed by atoms with Crippen LogP contribution in [0.1, 0.15) is 18.1 Å². The number of sulfonamides is 1. The molecule has 37 heavy (non-hydrogen) atoms. The lowest BCUT2D eigenvalue weighted by Gasteiger charge is -2.32. The molecule has 0 saturated carbocycles. The summed E-state index contributed by atoms with van der Waals surface area (Å²) in [6, 6.07) is 18.9. The van der Waals surface area contributed by atoms with Crippen molar-refractivity contribution in [1.29, 1.82) is 0 Å². The Labute approximate surface area is 222 Å². The maximum Gasteiger partial charge on any atom is 0.264 e. The molecule has 0 aromatic heterocycles. The Balaban J connectivity index is 2.03. The average molecular weight is 544 g/mol. The Morgan fingerprint density at radius 1 is 1.00 bits per heavy atom. The van der Waals surface area contributed by atoms with E-state index in [0.717, 1.165) is 9.87 Å². The van der Waals surface area contributed by atoms with Crippen molar-refractivity contribution in [3.05, 3.63) is 88.9 Å². The number of nitrogens with zero attached hydrogens (tertiary/aromatic N) is 2. The molecule has 1 atom stereocenters. The Hall–Kier alpha value is -3.56. The van der Waals surface area contributed by atoms with E-state index in [2.05, 4.69) is 5.32 Å². The number of aryl methyl sites for hydroxylation is 1. The zero-order valence-corrected chi connectivity index (χ0v) is 22.7. The lowest BCUT2D eigenvalue weighted by Crippen LogP contribution is -2.50. The summed E-state index contributed by atoms with van der Waals surface area (Å²) in [6.45, 7) is 2.96. The van der Waals surface area contributed by atoms with Crippen molar-refractivity contribution in [1.82, 2.24) is 10.2 Å². The molecule has 3 aromatic rings. The van der Waals surface area contributed by atoms with Crippen LogP contribution in [0.2, 0.25) is 5.02 Å². The molecule has 8 nitrogen and oxygen atoms in total. The SMILES string of the molecule is CNC(=O)C(C)N(Cc1ccc(OC)cc1)C(=O)CN(c1ccccc1C)S(=O)(=O)c1ccc(Cl)cc1. The lowest BCUT2D eigenvalue weighted by molar-refractivity contribution is -0.139. The van der Waals surface area contributed by atoms with Gasteiger partial charge in [-0.3, -0.25) is 13.9 Å². The molecule has 0 saturated heterocycles. The Bertz CT molecular complexity index is 1350. The molecule has 0 aliphatic carbocycles. The molecule has 0 aliphatic heterocycles. The van der Waals surface area contributed by atoms with Crippen LogP contribution < -0.4 is 14.4 Å². The molecule has 3 aromatic carbocycles. The molecule has 0 fully saturated rings. The molecular weight excluding hydrogens is 514 g/mol. The van der Waals surface area contributed by atoms with Crippen molar-refractivity contribution in [2.75, 3.05) is 25.0 Å². The Morgan fingerprint density at radius 3 is 2.19 bits per heavy atom. The number of hydrogen-bond acceptors (Lipinski definition) is 5. The molecule has 1 unspecified atom stereocenters. The quantitative estimate of drug-likeness (QED) is 0.417. The van der Waals surface area contributed by atoms with E-state index in [1.165, 1.54) is 36.2 Å². The number of benzene rings is 3. The van der Waals surface area contributed by atoms with Crippen molar-refractivity contribution in [2.45, 2.75) is 31.3 Å². The maximum absolute atomic E-state index is 13.8. The van der Waals surface area contributed by atoms with Crippen LogP contribution in [-0.2, 0) is 26.2 Å². The van der Waals surface area contributed by atoms with Gasteiger partial charge in [-0.2, -0.15) is 0 Å². The smallest absolute Gasteiger partial charge is 0.264 e. The standard InChI is InChI=1S/C27H30ClN3O5S/c1-19-7-5-6-8-25(19)31(37(34,35)24-15-11-22(28)12-16-24)18-26(32)30(20(2)27(33)29-3)17-21-9-13-23(36-4)14-10-21/h5-16,20H,17-18H2,1-4H3,(H,29,33). The van der Waals surface area contributed by atoms with Gasteiger partial charge in [0.1, 0.15) is 18.3 Å². The molecule has 0 aliphatic rings. The molecule has 1 N–H and O–H groups in total. The second kappa shape index (κ2) is 12.1. The fourth-order valence-electron chi connectivity index (χ4n) is 3.81. The fourth-order valence-corrected chi connectivity index (χ4v) is 5.41. The lowest BCUT2D eigenvalue weighted by atomic mass is 10.1. The predicted octanol–water partition coefficient (Wildman–Crippen LogP) is 4.02. The average Bonchev–Trinajstić information content (AvgIpc) is 2.90. The third kappa shape index (κ3) is 6.61. The minimum absolute atomic E-state index is 0.00555. The third-order valence-corrected chi connectivity index (χ3v) is 8.02. The number of likely N-dealkylation sites (N-methyl/N-ethyl adjacent to an activating group) is 1. The number of carbonyl (C=O) groups excluding carboxylic acids is 2. The van der Waals surface area contributed by atoms with Crippen LogP contribution in [0.4, 0.5) is 5.69 Å². The van der Waals surface area contributed by atoms with Crippen LogP contribution in [0, 0.1) is 6.92 Å². The van der Waals surface area contributed by atoms with Gasteiger partial charge in [-0.05, 0) is 67.4 Å². The first-order valence-corrected chi connectivity index (χ1v) is 13.4. The molecule has 0 radical (unpaired) electrons. The summed E-state index contributed by atoms with van der Waals surface area (Å²) < 4.78 is 33.8. The zero-order chi connectivity index (χ0) is 27.2. The van der Waals surface area contributed by atoms with Gasteiger partial charge < -0.3 is 15.0 Å². The molecule has 0 heterocycles. The number of rotatable bonds is 10. The van der Waals surface area contributed by atoms with E-state index in [9.17, 15) is 18.0 Å². The van der Waals surface area contributed by atoms with Crippen molar-refractivity contribution in [3.63, 3.8) is 0 Å². The second-order valence-electron chi connectivity index (χ2n) is 8.41. The number of methoxy groups -OCH3 is 1. The predicted molar refractivity (Wildman–Crippen MR) is 144 cm³/mol. The topological polar surface area (TPSA) is 96.0 Å². The van der Waals surface area contributed by atoms with Crippen LogP contribution >= 0.6 is 11.6 Å². The summed E-state index contributed by atoms with van der Waals surface area (Å²) in [5.74, 6) is -0.252. The number of para-hydroxylation sites is 1. The van der Waals surface area contributed by atoms with Gasteiger partial charge in [-0.25, -0.2) is 8.42 Å². The first-order chi connectivity index (χ1) is 17.6. The van der Waals surface area contributed by atoms with Gasteiger partial charge in [0.15, 0.2) is 0 Å². The Morgan fingerprint density at radius 2 is 1.62 bits per heavy atom. The van der Waals surface area contributed by atoms with Crippen LogP contribution in [0.15, 0.2) is 77.7 Å². The molecule has 0 bridgehead atoms. The van der Waals surface area contributed by atoms with E-state index in [1.807, 2.05) is 0 Å². The monoisotopic (exact) mass is 543 g/mol. The molecule has 196 valence electrons. The normalized spacial score (nSPS) is 11.9. The number of ether oxygens (including phenoxy) is 1. The highest BCUT2D eigenvalue weighted by Crippen LogP contribution is 2.28. The highest BCUT2D eigenvalue weighted by molar-refractivity contribution is 7.92. The number of anilines is 1. The summed E-state index contributed by atoms with van der Waals surface area (Å²) in [7, 11) is -1.10. The highest BCUT2D eigenvalue weighted by atomic mass is 35.5. The molecule has 0 spiro atoms. The van der Waals surface area contributed by atoms with Crippen molar-refractivity contribution >= 4 is 39.1 Å². The largest absolute Gasteiger partial charge is 0.497 e. The summed E-state index contributed by atoms with van der Waals surface area (Å²) in [5.41, 5.74) is 1.80. The van der Waals surface area contributed by atoms with Gasteiger partial charge in [-0.1, -0.05) is 41.9 Å². The first kappa shape index (κ1) is 28.0. The van der Waals surface area contributed by atoms with Crippen LogP contribution in [0.3, 0.4) is 0 Å². The van der Waals surface area contributed by atoms with Gasteiger partial charge in [0.2, 0.25) is 11.8 Å². The van der Waals surface area contributed by atoms with Gasteiger partial charge in [-0.15, -0.1) is 0 Å². The summed E-state index contributed by atoms with van der Waals surface area (Å²) >= 11 is 5.97. The molecular formula is C27H30ClN3O5S. The van der Waals surface area contributed by atoms with Gasteiger partial charge in [0, 0.05) is 18.6 Å². The number of nitrogens with one attached hydrogen (secondary N) is 1. The molecule has 2 amide bonds. The van der Waals surface area contributed by atoms with E-state index in [4.69, 9.17) is 16.3 Å².